The van der Waals surface area contributed by atoms with Crippen molar-refractivity contribution in [2.24, 2.45) is 0 Å². The summed E-state index contributed by atoms with van der Waals surface area (Å²) in [5, 5.41) is 14.8. The van der Waals surface area contributed by atoms with Gasteiger partial charge in [0.2, 0.25) is 5.82 Å². The van der Waals surface area contributed by atoms with Crippen molar-refractivity contribution in [1.82, 2.24) is 9.78 Å². The van der Waals surface area contributed by atoms with Crippen molar-refractivity contribution in [3.05, 3.63) is 45.6 Å². The molecule has 1 heterocycles. The molecule has 6 nitrogen and oxygen atoms in total. The largest absolute Gasteiger partial charge is 0.378 e. The highest BCUT2D eigenvalue weighted by atomic mass is 35.5. The molecule has 0 bridgehead atoms. The molecule has 2 aromatic rings. The SMILES string of the molecule is Nc1c([N+](=O)[O-])cnn1-c1ccccc1Cl. The average Bonchev–Trinajstić information content (AvgIpc) is 2.61. The normalized spacial score (nSPS) is 10.3. The Labute approximate surface area is 95.4 Å². The van der Waals surface area contributed by atoms with E-state index in [-0.39, 0.29) is 11.5 Å². The molecule has 0 aliphatic rings. The first kappa shape index (κ1) is 10.4. The molecule has 7 heteroatoms. The summed E-state index contributed by atoms with van der Waals surface area (Å²) in [5.41, 5.74) is 5.88. The van der Waals surface area contributed by atoms with Gasteiger partial charge in [-0.2, -0.15) is 5.10 Å². The first-order valence-corrected chi connectivity index (χ1v) is 4.72. The van der Waals surface area contributed by atoms with Gasteiger partial charge >= 0.3 is 5.69 Å². The van der Waals surface area contributed by atoms with E-state index in [0.717, 1.165) is 6.20 Å². The minimum absolute atomic E-state index is 0.0434. The molecule has 0 saturated carbocycles. The Kier molecular flexibility index (Phi) is 2.49. The Bertz CT molecular complexity index is 552. The molecule has 0 saturated heterocycles. The van der Waals surface area contributed by atoms with Crippen LogP contribution < -0.4 is 5.73 Å². The highest BCUT2D eigenvalue weighted by Gasteiger charge is 2.19. The maximum Gasteiger partial charge on any atom is 0.331 e. The lowest BCUT2D eigenvalue weighted by Gasteiger charge is -2.04. The number of aromatic nitrogens is 2. The van der Waals surface area contributed by atoms with Crippen LogP contribution in [0.2, 0.25) is 5.02 Å². The Morgan fingerprint density at radius 1 is 1.44 bits per heavy atom. The second kappa shape index (κ2) is 3.82. The zero-order valence-electron chi connectivity index (χ0n) is 8.00. The lowest BCUT2D eigenvalue weighted by atomic mass is 10.3. The van der Waals surface area contributed by atoms with Gasteiger partial charge < -0.3 is 5.73 Å². The monoisotopic (exact) mass is 238 g/mol. The number of nitro groups is 1. The van der Waals surface area contributed by atoms with Gasteiger partial charge in [0.1, 0.15) is 6.20 Å². The molecule has 16 heavy (non-hydrogen) atoms. The van der Waals surface area contributed by atoms with Gasteiger partial charge in [-0.25, -0.2) is 4.68 Å². The van der Waals surface area contributed by atoms with Crippen LogP contribution in [0.5, 0.6) is 0 Å². The number of nitrogens with two attached hydrogens (primary N) is 1. The third-order valence-corrected chi connectivity index (χ3v) is 2.38. The Balaban J connectivity index is 2.58. The number of nitrogen functional groups attached to an aromatic ring is 1. The summed E-state index contributed by atoms with van der Waals surface area (Å²) in [4.78, 5) is 10.0. The van der Waals surface area contributed by atoms with E-state index in [1.54, 1.807) is 24.3 Å². The van der Waals surface area contributed by atoms with E-state index in [9.17, 15) is 10.1 Å². The highest BCUT2D eigenvalue weighted by Crippen LogP contribution is 2.27. The quantitative estimate of drug-likeness (QED) is 0.640. The van der Waals surface area contributed by atoms with E-state index in [1.807, 2.05) is 0 Å². The van der Waals surface area contributed by atoms with Crippen LogP contribution in [0.3, 0.4) is 0 Å². The van der Waals surface area contributed by atoms with Crippen LogP contribution >= 0.6 is 11.6 Å². The van der Waals surface area contributed by atoms with E-state index in [2.05, 4.69) is 5.10 Å². The van der Waals surface area contributed by atoms with Gasteiger partial charge in [0.05, 0.1) is 15.6 Å². The number of halogens is 1. The van der Waals surface area contributed by atoms with E-state index in [4.69, 9.17) is 17.3 Å². The molecule has 0 amide bonds. The Morgan fingerprint density at radius 3 is 2.69 bits per heavy atom. The maximum absolute atomic E-state index is 10.6. The standard InChI is InChI=1S/C9H7ClN4O2/c10-6-3-1-2-4-7(6)13-9(11)8(5-12-13)14(15)16/h1-5H,11H2. The summed E-state index contributed by atoms with van der Waals surface area (Å²) < 4.78 is 1.24. The van der Waals surface area contributed by atoms with Crippen molar-refractivity contribution in [1.29, 1.82) is 0 Å². The fraction of sp³-hybridized carbons (Fsp3) is 0. The number of anilines is 1. The van der Waals surface area contributed by atoms with Crippen molar-refractivity contribution in [3.8, 4) is 5.69 Å². The van der Waals surface area contributed by atoms with Gasteiger partial charge in [-0.05, 0) is 12.1 Å². The van der Waals surface area contributed by atoms with Gasteiger partial charge in [0, 0.05) is 0 Å². The van der Waals surface area contributed by atoms with Crippen LogP contribution in [0.1, 0.15) is 0 Å². The molecular formula is C9H7ClN4O2. The van der Waals surface area contributed by atoms with E-state index in [0.29, 0.717) is 10.7 Å². The number of para-hydroxylation sites is 1. The topological polar surface area (TPSA) is 87.0 Å². The van der Waals surface area contributed by atoms with Crippen LogP contribution in [0.4, 0.5) is 11.5 Å². The smallest absolute Gasteiger partial charge is 0.331 e. The number of benzene rings is 1. The molecule has 1 aromatic heterocycles. The number of rotatable bonds is 2. The fourth-order valence-corrected chi connectivity index (χ4v) is 1.52. The van der Waals surface area contributed by atoms with Crippen LogP contribution in [0.15, 0.2) is 30.5 Å². The maximum atomic E-state index is 10.6. The van der Waals surface area contributed by atoms with Crippen LogP contribution in [-0.4, -0.2) is 14.7 Å². The number of hydrogen-bond donors (Lipinski definition) is 1. The van der Waals surface area contributed by atoms with Crippen LogP contribution in [0.25, 0.3) is 5.69 Å². The molecule has 0 aliphatic heterocycles. The molecule has 0 spiro atoms. The summed E-state index contributed by atoms with van der Waals surface area (Å²) >= 11 is 5.93. The van der Waals surface area contributed by atoms with Crippen LogP contribution in [0, 0.1) is 10.1 Å². The molecule has 0 fully saturated rings. The molecule has 2 N–H and O–H groups in total. The van der Waals surface area contributed by atoms with Crippen LogP contribution in [-0.2, 0) is 0 Å². The predicted octanol–water partition coefficient (Wildman–Crippen LogP) is 2.02. The molecule has 1 aromatic carbocycles. The van der Waals surface area contributed by atoms with Gasteiger partial charge in [0.15, 0.2) is 0 Å². The Hall–Kier alpha value is -2.08. The van der Waals surface area contributed by atoms with E-state index >= 15 is 0 Å². The first-order chi connectivity index (χ1) is 7.61. The zero-order valence-corrected chi connectivity index (χ0v) is 8.76. The zero-order chi connectivity index (χ0) is 11.7. The third kappa shape index (κ3) is 1.59. The molecule has 0 radical (unpaired) electrons. The average molecular weight is 239 g/mol. The van der Waals surface area contributed by atoms with Gasteiger partial charge in [0.25, 0.3) is 0 Å². The minimum atomic E-state index is -0.588. The number of hydrogen-bond acceptors (Lipinski definition) is 4. The lowest BCUT2D eigenvalue weighted by Crippen LogP contribution is -2.03. The third-order valence-electron chi connectivity index (χ3n) is 2.06. The Morgan fingerprint density at radius 2 is 2.12 bits per heavy atom. The van der Waals surface area contributed by atoms with Gasteiger partial charge in [-0.1, -0.05) is 23.7 Å². The summed E-state index contributed by atoms with van der Waals surface area (Å²) in [6.45, 7) is 0. The number of nitrogens with zero attached hydrogens (tertiary/aromatic N) is 3. The minimum Gasteiger partial charge on any atom is -0.378 e. The van der Waals surface area contributed by atoms with Gasteiger partial charge in [-0.15, -0.1) is 0 Å². The summed E-state index contributed by atoms with van der Waals surface area (Å²) in [6, 6.07) is 6.83. The molecule has 0 atom stereocenters. The van der Waals surface area contributed by atoms with Crippen molar-refractivity contribution in [2.75, 3.05) is 5.73 Å². The lowest BCUT2D eigenvalue weighted by molar-refractivity contribution is -0.383. The molecule has 2 rings (SSSR count). The fourth-order valence-electron chi connectivity index (χ4n) is 1.31. The highest BCUT2D eigenvalue weighted by molar-refractivity contribution is 6.32. The summed E-state index contributed by atoms with van der Waals surface area (Å²) in [7, 11) is 0. The van der Waals surface area contributed by atoms with E-state index < -0.39 is 4.92 Å². The predicted molar refractivity (Wildman–Crippen MR) is 59.6 cm³/mol. The van der Waals surface area contributed by atoms with Crippen molar-refractivity contribution in [3.63, 3.8) is 0 Å². The first-order valence-electron chi connectivity index (χ1n) is 4.34. The summed E-state index contributed by atoms with van der Waals surface area (Å²) in [6.07, 6.45) is 1.10. The molecule has 82 valence electrons. The molecule has 0 unspecified atom stereocenters. The molecule has 0 aliphatic carbocycles. The summed E-state index contributed by atoms with van der Waals surface area (Å²) in [5.74, 6) is -0.0434. The van der Waals surface area contributed by atoms with E-state index in [1.165, 1.54) is 4.68 Å². The van der Waals surface area contributed by atoms with Crippen molar-refractivity contribution in [2.45, 2.75) is 0 Å². The second-order valence-electron chi connectivity index (χ2n) is 3.04. The van der Waals surface area contributed by atoms with Crippen molar-refractivity contribution >= 4 is 23.1 Å². The second-order valence-corrected chi connectivity index (χ2v) is 3.44. The van der Waals surface area contributed by atoms with Gasteiger partial charge in [-0.3, -0.25) is 10.1 Å². The van der Waals surface area contributed by atoms with Crippen molar-refractivity contribution < 1.29 is 4.92 Å². The molecular weight excluding hydrogens is 232 g/mol.